The molecule has 1 amide bonds. The summed E-state index contributed by atoms with van der Waals surface area (Å²) in [5.41, 5.74) is 0.748. The minimum absolute atomic E-state index is 0.178. The first-order chi connectivity index (χ1) is 13.0. The van der Waals surface area contributed by atoms with Gasteiger partial charge >= 0.3 is 11.9 Å². The molecule has 1 heterocycles. The minimum Gasteiger partial charge on any atom is -0.462 e. The minimum atomic E-state index is -0.558. The molecule has 0 atom stereocenters. The Morgan fingerprint density at radius 3 is 2.15 bits per heavy atom. The van der Waals surface area contributed by atoms with Gasteiger partial charge in [-0.2, -0.15) is 0 Å². The van der Waals surface area contributed by atoms with E-state index in [9.17, 15) is 14.4 Å². The van der Waals surface area contributed by atoms with Gasteiger partial charge in [0.1, 0.15) is 0 Å². The summed E-state index contributed by atoms with van der Waals surface area (Å²) in [6.07, 6.45) is 1.90. The first kappa shape index (κ1) is 20.6. The highest BCUT2D eigenvalue weighted by Crippen LogP contribution is 2.18. The Morgan fingerprint density at radius 2 is 1.63 bits per heavy atom. The first-order valence-electron chi connectivity index (χ1n) is 8.85. The van der Waals surface area contributed by atoms with Crippen molar-refractivity contribution in [3.8, 4) is 0 Å². The Kier molecular flexibility index (Phi) is 8.00. The van der Waals surface area contributed by atoms with Gasteiger partial charge in [-0.15, -0.1) is 11.3 Å². The van der Waals surface area contributed by atoms with Crippen LogP contribution in [0.4, 0.5) is 5.69 Å². The predicted octanol–water partition coefficient (Wildman–Crippen LogP) is 4.06. The molecule has 7 heteroatoms. The van der Waals surface area contributed by atoms with Crippen LogP contribution in [-0.4, -0.2) is 31.1 Å². The molecule has 2 rings (SSSR count). The summed E-state index contributed by atoms with van der Waals surface area (Å²) in [7, 11) is 0. The Balaban J connectivity index is 2.07. The normalized spacial score (nSPS) is 10.3. The number of amides is 1. The van der Waals surface area contributed by atoms with Crippen LogP contribution in [0.5, 0.6) is 0 Å². The van der Waals surface area contributed by atoms with E-state index in [2.05, 4.69) is 5.32 Å². The lowest BCUT2D eigenvalue weighted by atomic mass is 10.1. The highest BCUT2D eigenvalue weighted by atomic mass is 32.1. The Morgan fingerprint density at radius 1 is 1.00 bits per heavy atom. The molecule has 2 aromatic rings. The molecule has 0 spiro atoms. The van der Waals surface area contributed by atoms with Gasteiger partial charge in [0.05, 0.1) is 24.3 Å². The van der Waals surface area contributed by atoms with Crippen LogP contribution in [0, 0.1) is 0 Å². The lowest BCUT2D eigenvalue weighted by Gasteiger charge is -2.10. The van der Waals surface area contributed by atoms with Crippen molar-refractivity contribution in [3.05, 3.63) is 51.7 Å². The van der Waals surface area contributed by atoms with E-state index in [1.807, 2.05) is 17.5 Å². The third-order valence-corrected chi connectivity index (χ3v) is 4.58. The monoisotopic (exact) mass is 389 g/mol. The van der Waals surface area contributed by atoms with Crippen molar-refractivity contribution in [1.29, 1.82) is 0 Å². The van der Waals surface area contributed by atoms with Crippen molar-refractivity contribution < 1.29 is 23.9 Å². The van der Waals surface area contributed by atoms with Gasteiger partial charge in [-0.05, 0) is 56.3 Å². The zero-order valence-electron chi connectivity index (χ0n) is 15.4. The maximum atomic E-state index is 12.2. The molecule has 144 valence electrons. The number of hydrogen-bond acceptors (Lipinski definition) is 6. The number of thiophene rings is 1. The van der Waals surface area contributed by atoms with Crippen LogP contribution in [0.2, 0.25) is 0 Å². The molecular formula is C20H23NO5S. The molecule has 1 aromatic carbocycles. The third-order valence-electron chi connectivity index (χ3n) is 3.65. The molecule has 0 unspecified atom stereocenters. The van der Waals surface area contributed by atoms with Crippen molar-refractivity contribution in [2.75, 3.05) is 18.5 Å². The Bertz CT molecular complexity index is 749. The van der Waals surface area contributed by atoms with Gasteiger partial charge in [0.15, 0.2) is 0 Å². The highest BCUT2D eigenvalue weighted by Gasteiger charge is 2.15. The molecule has 0 aliphatic carbocycles. The number of ether oxygens (including phenoxy) is 2. The number of esters is 2. The van der Waals surface area contributed by atoms with Crippen LogP contribution in [0.3, 0.4) is 0 Å². The lowest BCUT2D eigenvalue weighted by Crippen LogP contribution is -2.14. The van der Waals surface area contributed by atoms with Gasteiger partial charge in [0.25, 0.3) is 0 Å². The summed E-state index contributed by atoms with van der Waals surface area (Å²) in [4.78, 5) is 37.5. The van der Waals surface area contributed by atoms with E-state index >= 15 is 0 Å². The summed E-state index contributed by atoms with van der Waals surface area (Å²) in [6, 6.07) is 8.42. The molecule has 6 nitrogen and oxygen atoms in total. The fourth-order valence-corrected chi connectivity index (χ4v) is 3.22. The van der Waals surface area contributed by atoms with Gasteiger partial charge in [0.2, 0.25) is 5.91 Å². The van der Waals surface area contributed by atoms with Crippen molar-refractivity contribution in [2.45, 2.75) is 33.1 Å². The Labute approximate surface area is 162 Å². The van der Waals surface area contributed by atoms with Gasteiger partial charge in [0, 0.05) is 17.0 Å². The molecule has 0 aliphatic rings. The molecule has 1 N–H and O–H groups in total. The van der Waals surface area contributed by atoms with Crippen LogP contribution in [0.15, 0.2) is 35.7 Å². The fraction of sp³-hybridized carbons (Fsp3) is 0.350. The summed E-state index contributed by atoms with van der Waals surface area (Å²) >= 11 is 1.66. The molecule has 0 aliphatic heterocycles. The van der Waals surface area contributed by atoms with Crippen molar-refractivity contribution in [3.63, 3.8) is 0 Å². The van der Waals surface area contributed by atoms with E-state index in [0.29, 0.717) is 18.5 Å². The van der Waals surface area contributed by atoms with E-state index in [0.717, 1.165) is 6.42 Å². The Hall–Kier alpha value is -2.67. The number of carbonyl (C=O) groups excluding carboxylic acids is 3. The molecule has 0 radical (unpaired) electrons. The average Bonchev–Trinajstić information content (AvgIpc) is 3.15. The van der Waals surface area contributed by atoms with E-state index < -0.39 is 11.9 Å². The highest BCUT2D eigenvalue weighted by molar-refractivity contribution is 7.09. The third kappa shape index (κ3) is 6.53. The van der Waals surface area contributed by atoms with Crippen molar-refractivity contribution >= 4 is 34.9 Å². The average molecular weight is 389 g/mol. The second-order valence-corrected chi connectivity index (χ2v) is 6.75. The maximum Gasteiger partial charge on any atom is 0.338 e. The predicted molar refractivity (Wildman–Crippen MR) is 104 cm³/mol. The number of aryl methyl sites for hydroxylation is 1. The number of rotatable bonds is 9. The topological polar surface area (TPSA) is 81.7 Å². The van der Waals surface area contributed by atoms with E-state index in [-0.39, 0.29) is 30.2 Å². The SMILES string of the molecule is CCOC(=O)c1cc(NC(=O)CCCc2cccs2)cc(C(=O)OCC)c1. The van der Waals surface area contributed by atoms with E-state index in [4.69, 9.17) is 9.47 Å². The van der Waals surface area contributed by atoms with Gasteiger partial charge in [-0.25, -0.2) is 9.59 Å². The number of carbonyl (C=O) groups is 3. The van der Waals surface area contributed by atoms with Crippen molar-refractivity contribution in [2.24, 2.45) is 0 Å². The first-order valence-corrected chi connectivity index (χ1v) is 9.73. The standard InChI is InChI=1S/C20H23NO5S/c1-3-25-19(23)14-11-15(20(24)26-4-2)13-16(12-14)21-18(22)9-5-7-17-8-6-10-27-17/h6,8,10-13H,3-5,7,9H2,1-2H3,(H,21,22). The number of hydrogen-bond donors (Lipinski definition) is 1. The van der Waals surface area contributed by atoms with E-state index in [1.54, 1.807) is 25.2 Å². The molecule has 0 saturated heterocycles. The van der Waals surface area contributed by atoms with E-state index in [1.165, 1.54) is 23.1 Å². The van der Waals surface area contributed by atoms with Crippen LogP contribution in [0.25, 0.3) is 0 Å². The van der Waals surface area contributed by atoms with Crippen molar-refractivity contribution in [1.82, 2.24) is 0 Å². The van der Waals surface area contributed by atoms with Crippen LogP contribution in [-0.2, 0) is 20.7 Å². The molecule has 1 aromatic heterocycles. The van der Waals surface area contributed by atoms with Crippen LogP contribution < -0.4 is 5.32 Å². The van der Waals surface area contributed by atoms with Crippen LogP contribution >= 0.6 is 11.3 Å². The number of benzene rings is 1. The summed E-state index contributed by atoms with van der Waals surface area (Å²) < 4.78 is 9.97. The van der Waals surface area contributed by atoms with Crippen LogP contribution in [0.1, 0.15) is 52.3 Å². The fourth-order valence-electron chi connectivity index (χ4n) is 2.47. The molecule has 0 saturated carbocycles. The quantitative estimate of drug-likeness (QED) is 0.654. The molecule has 0 fully saturated rings. The zero-order chi connectivity index (χ0) is 19.6. The lowest BCUT2D eigenvalue weighted by molar-refractivity contribution is -0.116. The number of nitrogens with one attached hydrogen (secondary N) is 1. The summed E-state index contributed by atoms with van der Waals surface area (Å²) in [5.74, 6) is -1.30. The van der Waals surface area contributed by atoms with Gasteiger partial charge in [-0.1, -0.05) is 6.07 Å². The van der Waals surface area contributed by atoms with Gasteiger partial charge < -0.3 is 14.8 Å². The smallest absolute Gasteiger partial charge is 0.338 e. The summed E-state index contributed by atoms with van der Waals surface area (Å²) in [6.45, 7) is 3.83. The second kappa shape index (κ2) is 10.5. The summed E-state index contributed by atoms with van der Waals surface area (Å²) in [5, 5.41) is 4.75. The largest absolute Gasteiger partial charge is 0.462 e. The molecule has 0 bridgehead atoms. The number of anilines is 1. The van der Waals surface area contributed by atoms with Gasteiger partial charge in [-0.3, -0.25) is 4.79 Å². The molecule has 27 heavy (non-hydrogen) atoms. The second-order valence-electron chi connectivity index (χ2n) is 5.72. The molecular weight excluding hydrogens is 366 g/mol. The zero-order valence-corrected chi connectivity index (χ0v) is 16.3. The maximum absolute atomic E-state index is 12.2.